The number of hydrogen-bond acceptors (Lipinski definition) is 1. The van der Waals surface area contributed by atoms with E-state index in [0.29, 0.717) is 11.5 Å². The van der Waals surface area contributed by atoms with Gasteiger partial charge in [-0.15, -0.1) is 0 Å². The van der Waals surface area contributed by atoms with E-state index in [2.05, 4.69) is 49.5 Å². The van der Waals surface area contributed by atoms with Crippen molar-refractivity contribution in [1.29, 1.82) is 0 Å². The number of benzene rings is 1. The molecular weight excluding hydrogens is 206 g/mol. The van der Waals surface area contributed by atoms with Gasteiger partial charge in [0, 0.05) is 6.04 Å². The highest BCUT2D eigenvalue weighted by Crippen LogP contribution is 2.51. The summed E-state index contributed by atoms with van der Waals surface area (Å²) in [5, 5.41) is 3.82. The van der Waals surface area contributed by atoms with Gasteiger partial charge in [0.1, 0.15) is 0 Å². The molecule has 2 unspecified atom stereocenters. The minimum absolute atomic E-state index is 0.595. The third-order valence-corrected chi connectivity index (χ3v) is 4.55. The first-order valence-corrected chi connectivity index (χ1v) is 6.95. The minimum atomic E-state index is 0.595. The zero-order valence-electron chi connectivity index (χ0n) is 10.9. The standard InChI is InChI=1S/C16H23N/c1-16(2)10-14(16)11-17-15(13-8-9-13)12-6-4-3-5-7-12/h3-7,13-15,17H,8-11H2,1-2H3. The molecule has 0 bridgehead atoms. The molecule has 17 heavy (non-hydrogen) atoms. The fourth-order valence-electron chi connectivity index (χ4n) is 2.84. The Morgan fingerprint density at radius 2 is 1.88 bits per heavy atom. The van der Waals surface area contributed by atoms with Gasteiger partial charge in [-0.1, -0.05) is 44.2 Å². The maximum Gasteiger partial charge on any atom is 0.0348 e. The summed E-state index contributed by atoms with van der Waals surface area (Å²) in [6, 6.07) is 11.6. The van der Waals surface area contributed by atoms with Crippen LogP contribution < -0.4 is 5.32 Å². The largest absolute Gasteiger partial charge is 0.309 e. The molecule has 0 aliphatic heterocycles. The van der Waals surface area contributed by atoms with Crippen molar-refractivity contribution in [2.75, 3.05) is 6.54 Å². The molecule has 92 valence electrons. The Balaban J connectivity index is 1.61. The fraction of sp³-hybridized carbons (Fsp3) is 0.625. The van der Waals surface area contributed by atoms with Crippen molar-refractivity contribution in [3.63, 3.8) is 0 Å². The summed E-state index contributed by atoms with van der Waals surface area (Å²) >= 11 is 0. The third kappa shape index (κ3) is 2.55. The molecule has 0 spiro atoms. The van der Waals surface area contributed by atoms with Gasteiger partial charge in [-0.2, -0.15) is 0 Å². The lowest BCUT2D eigenvalue weighted by Gasteiger charge is -2.19. The lowest BCUT2D eigenvalue weighted by molar-refractivity contribution is 0.438. The second-order valence-electron chi connectivity index (χ2n) is 6.52. The van der Waals surface area contributed by atoms with Gasteiger partial charge >= 0.3 is 0 Å². The maximum absolute atomic E-state index is 3.82. The predicted octanol–water partition coefficient (Wildman–Crippen LogP) is 3.77. The third-order valence-electron chi connectivity index (χ3n) is 4.55. The van der Waals surface area contributed by atoms with Crippen LogP contribution in [-0.4, -0.2) is 6.54 Å². The smallest absolute Gasteiger partial charge is 0.0348 e. The first-order valence-electron chi connectivity index (χ1n) is 6.95. The van der Waals surface area contributed by atoms with Gasteiger partial charge in [0.25, 0.3) is 0 Å². The molecule has 3 rings (SSSR count). The average molecular weight is 229 g/mol. The number of hydrogen-bond donors (Lipinski definition) is 1. The van der Waals surface area contributed by atoms with Gasteiger partial charge in [0.2, 0.25) is 0 Å². The Kier molecular flexibility index (Phi) is 2.74. The molecule has 0 heterocycles. The van der Waals surface area contributed by atoms with Crippen molar-refractivity contribution in [2.45, 2.75) is 39.2 Å². The van der Waals surface area contributed by atoms with Crippen molar-refractivity contribution in [1.82, 2.24) is 5.32 Å². The van der Waals surface area contributed by atoms with Crippen LogP contribution in [0.1, 0.15) is 44.7 Å². The highest BCUT2D eigenvalue weighted by atomic mass is 14.9. The SMILES string of the molecule is CC1(C)CC1CNC(c1ccccc1)C1CC1. The first-order chi connectivity index (χ1) is 8.17. The molecule has 2 saturated carbocycles. The van der Waals surface area contributed by atoms with Crippen LogP contribution in [0.5, 0.6) is 0 Å². The zero-order chi connectivity index (χ0) is 11.9. The molecule has 0 aromatic heterocycles. The predicted molar refractivity (Wildman–Crippen MR) is 71.8 cm³/mol. The summed E-state index contributed by atoms with van der Waals surface area (Å²) in [7, 11) is 0. The number of nitrogens with one attached hydrogen (secondary N) is 1. The van der Waals surface area contributed by atoms with Gasteiger partial charge < -0.3 is 5.32 Å². The molecule has 2 atom stereocenters. The molecular formula is C16H23N. The summed E-state index contributed by atoms with van der Waals surface area (Å²) in [5.41, 5.74) is 2.08. The maximum atomic E-state index is 3.82. The summed E-state index contributed by atoms with van der Waals surface area (Å²) < 4.78 is 0. The van der Waals surface area contributed by atoms with Crippen LogP contribution in [0, 0.1) is 17.3 Å². The van der Waals surface area contributed by atoms with Crippen molar-refractivity contribution < 1.29 is 0 Å². The van der Waals surface area contributed by atoms with Crippen molar-refractivity contribution >= 4 is 0 Å². The molecule has 2 aliphatic rings. The minimum Gasteiger partial charge on any atom is -0.309 e. The average Bonchev–Trinajstić information content (AvgIpc) is 3.20. The van der Waals surface area contributed by atoms with E-state index in [-0.39, 0.29) is 0 Å². The van der Waals surface area contributed by atoms with Gasteiger partial charge in [-0.25, -0.2) is 0 Å². The van der Waals surface area contributed by atoms with Gasteiger partial charge in [0.15, 0.2) is 0 Å². The summed E-state index contributed by atoms with van der Waals surface area (Å²) in [6.45, 7) is 5.96. The van der Waals surface area contributed by atoms with Crippen LogP contribution >= 0.6 is 0 Å². The lowest BCUT2D eigenvalue weighted by atomic mass is 10.0. The first kappa shape index (κ1) is 11.3. The van der Waals surface area contributed by atoms with Gasteiger partial charge in [-0.3, -0.25) is 0 Å². The Bertz CT molecular complexity index is 378. The summed E-state index contributed by atoms with van der Waals surface area (Å²) in [5.74, 6) is 1.78. The van der Waals surface area contributed by atoms with Crippen molar-refractivity contribution in [3.8, 4) is 0 Å². The highest BCUT2D eigenvalue weighted by Gasteiger charge is 2.45. The van der Waals surface area contributed by atoms with Crippen molar-refractivity contribution in [3.05, 3.63) is 35.9 Å². The van der Waals surface area contributed by atoms with Crippen LogP contribution in [0.15, 0.2) is 30.3 Å². The summed E-state index contributed by atoms with van der Waals surface area (Å²) in [4.78, 5) is 0. The molecule has 2 aliphatic carbocycles. The Morgan fingerprint density at radius 1 is 1.24 bits per heavy atom. The Morgan fingerprint density at radius 3 is 2.41 bits per heavy atom. The van der Waals surface area contributed by atoms with E-state index < -0.39 is 0 Å². The Hall–Kier alpha value is -0.820. The lowest BCUT2D eigenvalue weighted by Crippen LogP contribution is -2.26. The molecule has 0 radical (unpaired) electrons. The quantitative estimate of drug-likeness (QED) is 0.810. The zero-order valence-corrected chi connectivity index (χ0v) is 10.9. The molecule has 1 heteroatoms. The summed E-state index contributed by atoms with van der Waals surface area (Å²) in [6.07, 6.45) is 4.20. The monoisotopic (exact) mass is 229 g/mol. The van der Waals surface area contributed by atoms with Gasteiger partial charge in [-0.05, 0) is 48.6 Å². The second kappa shape index (κ2) is 4.13. The van der Waals surface area contributed by atoms with E-state index in [4.69, 9.17) is 0 Å². The molecule has 1 aromatic rings. The van der Waals surface area contributed by atoms with E-state index in [9.17, 15) is 0 Å². The normalized spacial score (nSPS) is 27.8. The van der Waals surface area contributed by atoms with E-state index in [1.165, 1.54) is 31.4 Å². The molecule has 2 fully saturated rings. The van der Waals surface area contributed by atoms with Crippen LogP contribution in [0.4, 0.5) is 0 Å². The molecule has 0 amide bonds. The topological polar surface area (TPSA) is 12.0 Å². The van der Waals surface area contributed by atoms with E-state index in [0.717, 1.165) is 11.8 Å². The van der Waals surface area contributed by atoms with Crippen LogP contribution in [0.25, 0.3) is 0 Å². The van der Waals surface area contributed by atoms with Gasteiger partial charge in [0.05, 0.1) is 0 Å². The molecule has 0 saturated heterocycles. The van der Waals surface area contributed by atoms with Crippen LogP contribution in [0.2, 0.25) is 0 Å². The number of rotatable bonds is 5. The van der Waals surface area contributed by atoms with E-state index in [1.54, 1.807) is 0 Å². The second-order valence-corrected chi connectivity index (χ2v) is 6.52. The van der Waals surface area contributed by atoms with Crippen molar-refractivity contribution in [2.24, 2.45) is 17.3 Å². The molecule has 1 nitrogen and oxygen atoms in total. The molecule has 1 aromatic carbocycles. The van der Waals surface area contributed by atoms with E-state index >= 15 is 0 Å². The molecule has 1 N–H and O–H groups in total. The Labute approximate surface area is 105 Å². The highest BCUT2D eigenvalue weighted by molar-refractivity contribution is 5.21. The van der Waals surface area contributed by atoms with E-state index in [1.807, 2.05) is 0 Å². The van der Waals surface area contributed by atoms with Crippen LogP contribution in [0.3, 0.4) is 0 Å². The van der Waals surface area contributed by atoms with Crippen LogP contribution in [-0.2, 0) is 0 Å². The fourth-order valence-corrected chi connectivity index (χ4v) is 2.84.